The quantitative estimate of drug-likeness (QED) is 0.412. The maximum Gasteiger partial charge on any atom is 0.269 e. The van der Waals surface area contributed by atoms with Crippen molar-refractivity contribution in [3.8, 4) is 11.1 Å². The third-order valence-electron chi connectivity index (χ3n) is 6.73. The van der Waals surface area contributed by atoms with Crippen LogP contribution in [0.3, 0.4) is 0 Å². The summed E-state index contributed by atoms with van der Waals surface area (Å²) < 4.78 is 28.2. The molecule has 0 fully saturated rings. The van der Waals surface area contributed by atoms with Crippen molar-refractivity contribution in [2.24, 2.45) is 11.3 Å². The first-order valence-electron chi connectivity index (χ1n) is 11.3. The van der Waals surface area contributed by atoms with Gasteiger partial charge < -0.3 is 0 Å². The lowest BCUT2D eigenvalue weighted by Gasteiger charge is -2.33. The van der Waals surface area contributed by atoms with E-state index in [2.05, 4.69) is 48.1 Å². The topological polar surface area (TPSA) is 80.6 Å². The number of fused-ring (bicyclic) bond motifs is 1. The van der Waals surface area contributed by atoms with Crippen molar-refractivity contribution >= 4 is 26.6 Å². The van der Waals surface area contributed by atoms with Gasteiger partial charge in [0.05, 0.1) is 11.1 Å². The van der Waals surface area contributed by atoms with E-state index >= 15 is 0 Å². The van der Waals surface area contributed by atoms with E-state index in [9.17, 15) is 8.42 Å². The minimum absolute atomic E-state index is 0.231. The number of H-pyrrole nitrogens is 1. The van der Waals surface area contributed by atoms with Gasteiger partial charge in [0.1, 0.15) is 0 Å². The summed E-state index contributed by atoms with van der Waals surface area (Å²) in [6.45, 7) is 6.91. The SMILES string of the molecule is CC(C)(C)C1CC=C(c2cnc3c(c2)c(-c2cn[nH]c2)cn3S(=O)(=O)c2ccccc2)CC1. The van der Waals surface area contributed by atoms with Crippen LogP contribution in [-0.4, -0.2) is 27.6 Å². The maximum atomic E-state index is 13.4. The standard InChI is InChI=1S/C26H28N4O2S/c1-26(2,3)21-11-9-18(10-12-21)19-13-23-24(20-15-28-29-16-20)17-30(25(23)27-14-19)33(31,32)22-7-5-4-6-8-22/h4-9,13-17,21H,10-12H2,1-3H3,(H,28,29). The average Bonchev–Trinajstić information content (AvgIpc) is 3.47. The number of allylic oxidation sites excluding steroid dienone is 2. The number of rotatable bonds is 4. The van der Waals surface area contributed by atoms with Crippen LogP contribution in [0.15, 0.2) is 72.2 Å². The van der Waals surface area contributed by atoms with Crippen LogP contribution in [0.5, 0.6) is 0 Å². The normalized spacial score (nSPS) is 17.3. The Bertz CT molecular complexity index is 1430. The van der Waals surface area contributed by atoms with E-state index in [4.69, 9.17) is 0 Å². The first-order valence-corrected chi connectivity index (χ1v) is 12.7. The van der Waals surface area contributed by atoms with Crippen LogP contribution in [0.2, 0.25) is 0 Å². The number of hydrogen-bond acceptors (Lipinski definition) is 4. The molecule has 0 spiro atoms. The Morgan fingerprint density at radius 2 is 1.88 bits per heavy atom. The monoisotopic (exact) mass is 460 g/mol. The molecule has 0 bridgehead atoms. The lowest BCUT2D eigenvalue weighted by molar-refractivity contribution is 0.225. The fraction of sp³-hybridized carbons (Fsp3) is 0.308. The molecule has 6 nitrogen and oxygen atoms in total. The first-order chi connectivity index (χ1) is 15.7. The zero-order valence-corrected chi connectivity index (χ0v) is 19.9. The Balaban J connectivity index is 1.64. The molecule has 0 saturated heterocycles. The molecule has 3 aromatic heterocycles. The summed E-state index contributed by atoms with van der Waals surface area (Å²) in [4.78, 5) is 4.89. The Morgan fingerprint density at radius 1 is 1.09 bits per heavy atom. The van der Waals surface area contributed by atoms with Crippen molar-refractivity contribution in [1.29, 1.82) is 0 Å². The van der Waals surface area contributed by atoms with Gasteiger partial charge in [-0.25, -0.2) is 17.4 Å². The van der Waals surface area contributed by atoms with Gasteiger partial charge in [0.2, 0.25) is 0 Å². The van der Waals surface area contributed by atoms with E-state index < -0.39 is 10.0 Å². The molecule has 4 aromatic rings. The van der Waals surface area contributed by atoms with E-state index in [1.807, 2.05) is 6.20 Å². The van der Waals surface area contributed by atoms with Crippen LogP contribution in [-0.2, 0) is 10.0 Å². The highest BCUT2D eigenvalue weighted by Gasteiger charge is 2.27. The van der Waals surface area contributed by atoms with Gasteiger partial charge in [-0.05, 0) is 59.9 Å². The van der Waals surface area contributed by atoms with Crippen LogP contribution in [0.4, 0.5) is 0 Å². The Labute approximate surface area is 194 Å². The number of pyridine rings is 1. The molecule has 7 heteroatoms. The molecule has 1 aliphatic rings. The highest BCUT2D eigenvalue weighted by atomic mass is 32.2. The third-order valence-corrected chi connectivity index (χ3v) is 8.39. The zero-order chi connectivity index (χ0) is 23.2. The fourth-order valence-corrected chi connectivity index (χ4v) is 6.00. The lowest BCUT2D eigenvalue weighted by atomic mass is 9.72. The van der Waals surface area contributed by atoms with E-state index in [0.717, 1.165) is 41.3 Å². The van der Waals surface area contributed by atoms with Crippen molar-refractivity contribution < 1.29 is 8.42 Å². The van der Waals surface area contributed by atoms with Crippen LogP contribution in [0.25, 0.3) is 27.7 Å². The smallest absolute Gasteiger partial charge is 0.269 e. The average molecular weight is 461 g/mol. The van der Waals surface area contributed by atoms with Crippen molar-refractivity contribution in [1.82, 2.24) is 19.2 Å². The minimum Gasteiger partial charge on any atom is -0.285 e. The molecule has 170 valence electrons. The summed E-state index contributed by atoms with van der Waals surface area (Å²) >= 11 is 0. The molecule has 1 atom stereocenters. The lowest BCUT2D eigenvalue weighted by Crippen LogP contribution is -2.22. The summed E-state index contributed by atoms with van der Waals surface area (Å²) in [7, 11) is -3.79. The summed E-state index contributed by atoms with van der Waals surface area (Å²) in [6.07, 6.45) is 12.5. The van der Waals surface area contributed by atoms with Gasteiger partial charge in [-0.1, -0.05) is 45.0 Å². The van der Waals surface area contributed by atoms with Crippen LogP contribution in [0.1, 0.15) is 45.6 Å². The van der Waals surface area contributed by atoms with Gasteiger partial charge in [-0.15, -0.1) is 0 Å². The molecular formula is C26H28N4O2S. The summed E-state index contributed by atoms with van der Waals surface area (Å²) in [5, 5.41) is 7.69. The molecule has 0 radical (unpaired) electrons. The molecule has 3 heterocycles. The van der Waals surface area contributed by atoms with Gasteiger partial charge in [0.25, 0.3) is 10.0 Å². The molecule has 1 aromatic carbocycles. The molecule has 0 aliphatic heterocycles. The number of aromatic nitrogens is 4. The van der Waals surface area contributed by atoms with Crippen molar-refractivity contribution in [3.63, 3.8) is 0 Å². The number of nitrogens with zero attached hydrogens (tertiary/aromatic N) is 3. The highest BCUT2D eigenvalue weighted by Crippen LogP contribution is 2.40. The van der Waals surface area contributed by atoms with Crippen LogP contribution >= 0.6 is 0 Å². The summed E-state index contributed by atoms with van der Waals surface area (Å²) in [5.41, 5.74) is 4.66. The second kappa shape index (κ2) is 7.99. The van der Waals surface area contributed by atoms with Gasteiger partial charge >= 0.3 is 0 Å². The molecule has 0 amide bonds. The molecule has 5 rings (SSSR count). The van der Waals surface area contributed by atoms with Gasteiger partial charge in [-0.2, -0.15) is 5.10 Å². The number of aromatic amines is 1. The second-order valence-corrected chi connectivity index (χ2v) is 11.6. The molecule has 33 heavy (non-hydrogen) atoms. The largest absolute Gasteiger partial charge is 0.285 e. The summed E-state index contributed by atoms with van der Waals surface area (Å²) in [6, 6.07) is 10.5. The fourth-order valence-electron chi connectivity index (χ4n) is 4.66. The van der Waals surface area contributed by atoms with Crippen molar-refractivity contribution in [2.75, 3.05) is 0 Å². The van der Waals surface area contributed by atoms with E-state index in [1.54, 1.807) is 48.9 Å². The van der Waals surface area contributed by atoms with Crippen LogP contribution in [0, 0.1) is 11.3 Å². The molecule has 1 N–H and O–H groups in total. The Hall–Kier alpha value is -3.19. The van der Waals surface area contributed by atoms with E-state index in [1.165, 1.54) is 9.55 Å². The van der Waals surface area contributed by atoms with Gasteiger partial charge in [0.15, 0.2) is 5.65 Å². The van der Waals surface area contributed by atoms with E-state index in [0.29, 0.717) is 17.0 Å². The molecule has 1 unspecified atom stereocenters. The highest BCUT2D eigenvalue weighted by molar-refractivity contribution is 7.90. The van der Waals surface area contributed by atoms with Gasteiger partial charge in [-0.3, -0.25) is 5.10 Å². The number of hydrogen-bond donors (Lipinski definition) is 1. The maximum absolute atomic E-state index is 13.4. The predicted octanol–water partition coefficient (Wildman–Crippen LogP) is 5.89. The molecule has 1 aliphatic carbocycles. The third kappa shape index (κ3) is 3.91. The first kappa shape index (κ1) is 21.6. The molecule has 0 saturated carbocycles. The Kier molecular flexibility index (Phi) is 5.24. The van der Waals surface area contributed by atoms with Crippen LogP contribution < -0.4 is 0 Å². The number of benzene rings is 1. The summed E-state index contributed by atoms with van der Waals surface area (Å²) in [5.74, 6) is 0.663. The van der Waals surface area contributed by atoms with E-state index in [-0.39, 0.29) is 4.90 Å². The Morgan fingerprint density at radius 3 is 2.52 bits per heavy atom. The predicted molar refractivity (Wildman–Crippen MR) is 131 cm³/mol. The zero-order valence-electron chi connectivity index (χ0n) is 19.1. The number of nitrogens with one attached hydrogen (secondary N) is 1. The van der Waals surface area contributed by atoms with Crippen molar-refractivity contribution in [3.05, 3.63) is 72.8 Å². The minimum atomic E-state index is -3.79. The second-order valence-electron chi connectivity index (χ2n) is 9.81. The van der Waals surface area contributed by atoms with Gasteiger partial charge in [0, 0.05) is 35.1 Å². The molecular weight excluding hydrogens is 432 g/mol. The van der Waals surface area contributed by atoms with Crippen molar-refractivity contribution in [2.45, 2.75) is 44.9 Å².